The standard InChI is InChI=1S/C14H19NO3/c1-10-5-6-11(2)12(9-10)15(3)13(16)7-8-14(17)18-4/h5-6,9H,7-8H2,1-4H3. The summed E-state index contributed by atoms with van der Waals surface area (Å²) in [6, 6.07) is 5.95. The summed E-state index contributed by atoms with van der Waals surface area (Å²) in [5.74, 6) is -0.452. The number of anilines is 1. The van der Waals surface area contributed by atoms with E-state index in [9.17, 15) is 9.59 Å². The summed E-state index contributed by atoms with van der Waals surface area (Å²) in [6.45, 7) is 3.94. The van der Waals surface area contributed by atoms with Crippen molar-refractivity contribution in [1.29, 1.82) is 0 Å². The van der Waals surface area contributed by atoms with Gasteiger partial charge in [-0.25, -0.2) is 0 Å². The summed E-state index contributed by atoms with van der Waals surface area (Å²) in [7, 11) is 3.04. The molecule has 0 saturated heterocycles. The molecule has 18 heavy (non-hydrogen) atoms. The molecule has 0 aliphatic heterocycles. The zero-order chi connectivity index (χ0) is 13.7. The number of ether oxygens (including phenoxy) is 1. The Balaban J connectivity index is 2.74. The van der Waals surface area contributed by atoms with E-state index in [1.54, 1.807) is 11.9 Å². The quantitative estimate of drug-likeness (QED) is 0.769. The lowest BCUT2D eigenvalue weighted by molar-refractivity contribution is -0.141. The number of carbonyl (C=O) groups is 2. The van der Waals surface area contributed by atoms with Gasteiger partial charge in [-0.1, -0.05) is 12.1 Å². The van der Waals surface area contributed by atoms with Gasteiger partial charge < -0.3 is 9.64 Å². The molecule has 0 heterocycles. The minimum absolute atomic E-state index is 0.0888. The molecule has 0 bridgehead atoms. The van der Waals surface area contributed by atoms with Gasteiger partial charge >= 0.3 is 5.97 Å². The van der Waals surface area contributed by atoms with Crippen LogP contribution in [0.4, 0.5) is 5.69 Å². The van der Waals surface area contributed by atoms with Gasteiger partial charge in [-0.2, -0.15) is 0 Å². The lowest BCUT2D eigenvalue weighted by Crippen LogP contribution is -2.27. The molecule has 98 valence electrons. The van der Waals surface area contributed by atoms with Crippen molar-refractivity contribution >= 4 is 17.6 Å². The monoisotopic (exact) mass is 249 g/mol. The highest BCUT2D eigenvalue weighted by Gasteiger charge is 2.14. The third-order valence-corrected chi connectivity index (χ3v) is 2.87. The topological polar surface area (TPSA) is 46.6 Å². The predicted octanol–water partition coefficient (Wildman–Crippen LogP) is 2.22. The van der Waals surface area contributed by atoms with Gasteiger partial charge in [-0.15, -0.1) is 0 Å². The van der Waals surface area contributed by atoms with Crippen LogP contribution in [-0.4, -0.2) is 26.0 Å². The second-order valence-electron chi connectivity index (χ2n) is 4.32. The smallest absolute Gasteiger partial charge is 0.306 e. The number of benzene rings is 1. The molecule has 1 rings (SSSR count). The van der Waals surface area contributed by atoms with Crippen LogP contribution in [0.3, 0.4) is 0 Å². The van der Waals surface area contributed by atoms with E-state index >= 15 is 0 Å². The van der Waals surface area contributed by atoms with Gasteiger partial charge in [-0.3, -0.25) is 9.59 Å². The second-order valence-corrected chi connectivity index (χ2v) is 4.32. The highest BCUT2D eigenvalue weighted by molar-refractivity contribution is 5.95. The maximum Gasteiger partial charge on any atom is 0.306 e. The summed E-state index contributed by atoms with van der Waals surface area (Å²) in [5, 5.41) is 0. The zero-order valence-electron chi connectivity index (χ0n) is 11.3. The minimum Gasteiger partial charge on any atom is -0.469 e. The van der Waals surface area contributed by atoms with E-state index in [1.165, 1.54) is 7.11 Å². The molecule has 1 amide bonds. The first-order valence-electron chi connectivity index (χ1n) is 5.86. The molecule has 0 atom stereocenters. The summed E-state index contributed by atoms with van der Waals surface area (Å²) >= 11 is 0. The van der Waals surface area contributed by atoms with Crippen molar-refractivity contribution in [1.82, 2.24) is 0 Å². The molecule has 0 aliphatic carbocycles. The molecule has 0 N–H and O–H groups in total. The van der Waals surface area contributed by atoms with E-state index in [-0.39, 0.29) is 24.7 Å². The van der Waals surface area contributed by atoms with Crippen molar-refractivity contribution in [3.05, 3.63) is 29.3 Å². The highest BCUT2D eigenvalue weighted by atomic mass is 16.5. The van der Waals surface area contributed by atoms with Crippen molar-refractivity contribution in [2.24, 2.45) is 0 Å². The summed E-state index contributed by atoms with van der Waals surface area (Å²) in [6.07, 6.45) is 0.279. The Morgan fingerprint density at radius 2 is 1.89 bits per heavy atom. The molecule has 0 radical (unpaired) electrons. The number of rotatable bonds is 4. The number of amides is 1. The minimum atomic E-state index is -0.363. The Hall–Kier alpha value is -1.84. The van der Waals surface area contributed by atoms with Crippen molar-refractivity contribution in [3.8, 4) is 0 Å². The molecule has 1 aromatic carbocycles. The number of aryl methyl sites for hydroxylation is 2. The van der Waals surface area contributed by atoms with E-state index in [0.717, 1.165) is 16.8 Å². The molecular weight excluding hydrogens is 230 g/mol. The molecule has 4 nitrogen and oxygen atoms in total. The normalized spacial score (nSPS) is 10.0. The Labute approximate surface area is 108 Å². The SMILES string of the molecule is COC(=O)CCC(=O)N(C)c1cc(C)ccc1C. The van der Waals surface area contributed by atoms with E-state index in [0.29, 0.717) is 0 Å². The molecule has 0 fully saturated rings. The van der Waals surface area contributed by atoms with E-state index < -0.39 is 0 Å². The summed E-state index contributed by atoms with van der Waals surface area (Å²) in [4.78, 5) is 24.5. The third kappa shape index (κ3) is 3.58. The van der Waals surface area contributed by atoms with Crippen LogP contribution in [0, 0.1) is 13.8 Å². The Morgan fingerprint density at radius 3 is 2.50 bits per heavy atom. The van der Waals surface area contributed by atoms with Crippen LogP contribution in [0.5, 0.6) is 0 Å². The number of esters is 1. The summed E-state index contributed by atoms with van der Waals surface area (Å²) in [5.41, 5.74) is 3.02. The lowest BCUT2D eigenvalue weighted by atomic mass is 10.1. The molecule has 4 heteroatoms. The van der Waals surface area contributed by atoms with Crippen molar-refractivity contribution < 1.29 is 14.3 Å². The molecule has 1 aromatic rings. The van der Waals surface area contributed by atoms with Gasteiger partial charge in [0.15, 0.2) is 0 Å². The number of hydrogen-bond donors (Lipinski definition) is 0. The van der Waals surface area contributed by atoms with Crippen LogP contribution < -0.4 is 4.90 Å². The first-order valence-corrected chi connectivity index (χ1v) is 5.86. The molecule has 0 unspecified atom stereocenters. The Kier molecular flexibility index (Phi) is 4.89. The van der Waals surface area contributed by atoms with Gasteiger partial charge in [0.25, 0.3) is 0 Å². The van der Waals surface area contributed by atoms with Crippen LogP contribution in [0.15, 0.2) is 18.2 Å². The first-order chi connectivity index (χ1) is 8.45. The average molecular weight is 249 g/mol. The van der Waals surface area contributed by atoms with Crippen LogP contribution in [-0.2, 0) is 14.3 Å². The average Bonchev–Trinajstić information content (AvgIpc) is 2.37. The first kappa shape index (κ1) is 14.2. The molecule has 0 aliphatic rings. The van der Waals surface area contributed by atoms with E-state index in [2.05, 4.69) is 4.74 Å². The Bertz CT molecular complexity index is 454. The maximum atomic E-state index is 11.9. The van der Waals surface area contributed by atoms with Gasteiger partial charge in [-0.05, 0) is 31.0 Å². The fourth-order valence-electron chi connectivity index (χ4n) is 1.69. The predicted molar refractivity (Wildman–Crippen MR) is 70.6 cm³/mol. The van der Waals surface area contributed by atoms with Gasteiger partial charge in [0, 0.05) is 19.2 Å². The molecule has 0 spiro atoms. The summed E-state index contributed by atoms with van der Waals surface area (Å²) < 4.78 is 4.52. The second kappa shape index (κ2) is 6.19. The van der Waals surface area contributed by atoms with E-state index in [4.69, 9.17) is 0 Å². The maximum absolute atomic E-state index is 11.9. The molecular formula is C14H19NO3. The van der Waals surface area contributed by atoms with Crippen molar-refractivity contribution in [2.45, 2.75) is 26.7 Å². The fourth-order valence-corrected chi connectivity index (χ4v) is 1.69. The number of hydrogen-bond acceptors (Lipinski definition) is 3. The van der Waals surface area contributed by atoms with Crippen LogP contribution >= 0.6 is 0 Å². The zero-order valence-corrected chi connectivity index (χ0v) is 11.3. The number of nitrogens with zero attached hydrogens (tertiary/aromatic N) is 1. The number of methoxy groups -OCH3 is 1. The van der Waals surface area contributed by atoms with Crippen molar-refractivity contribution in [2.75, 3.05) is 19.1 Å². The van der Waals surface area contributed by atoms with E-state index in [1.807, 2.05) is 32.0 Å². The number of carbonyl (C=O) groups excluding carboxylic acids is 2. The Morgan fingerprint density at radius 1 is 1.22 bits per heavy atom. The third-order valence-electron chi connectivity index (χ3n) is 2.87. The lowest BCUT2D eigenvalue weighted by Gasteiger charge is -2.20. The van der Waals surface area contributed by atoms with Gasteiger partial charge in [0.2, 0.25) is 5.91 Å². The van der Waals surface area contributed by atoms with Crippen LogP contribution in [0.25, 0.3) is 0 Å². The highest BCUT2D eigenvalue weighted by Crippen LogP contribution is 2.21. The molecule has 0 aromatic heterocycles. The van der Waals surface area contributed by atoms with Gasteiger partial charge in [0.05, 0.1) is 13.5 Å². The van der Waals surface area contributed by atoms with Gasteiger partial charge in [0.1, 0.15) is 0 Å². The molecule has 0 saturated carbocycles. The fraction of sp³-hybridized carbons (Fsp3) is 0.429. The van der Waals surface area contributed by atoms with Crippen molar-refractivity contribution in [3.63, 3.8) is 0 Å². The largest absolute Gasteiger partial charge is 0.469 e. The van der Waals surface area contributed by atoms with Crippen LogP contribution in [0.1, 0.15) is 24.0 Å². The van der Waals surface area contributed by atoms with Crippen LogP contribution in [0.2, 0.25) is 0 Å².